The van der Waals surface area contributed by atoms with Gasteiger partial charge >= 0.3 is 0 Å². The molecule has 0 unspecified atom stereocenters. The lowest BCUT2D eigenvalue weighted by atomic mass is 10.2. The number of amides is 1. The summed E-state index contributed by atoms with van der Waals surface area (Å²) in [4.78, 5) is 29.7. The predicted molar refractivity (Wildman–Crippen MR) is 110 cm³/mol. The maximum atomic E-state index is 12.5. The van der Waals surface area contributed by atoms with Crippen LogP contribution < -0.4 is 15.1 Å². The Morgan fingerprint density at radius 3 is 3.00 bits per heavy atom. The van der Waals surface area contributed by atoms with E-state index in [0.29, 0.717) is 19.5 Å². The first-order chi connectivity index (χ1) is 14.0. The summed E-state index contributed by atoms with van der Waals surface area (Å²) in [7, 11) is 3.85. The Bertz CT molecular complexity index is 843. The van der Waals surface area contributed by atoms with Gasteiger partial charge in [0.05, 0.1) is 24.3 Å². The number of rotatable bonds is 6. The van der Waals surface area contributed by atoms with Crippen molar-refractivity contribution in [3.8, 4) is 0 Å². The van der Waals surface area contributed by atoms with Crippen molar-refractivity contribution in [3.63, 3.8) is 0 Å². The zero-order valence-electron chi connectivity index (χ0n) is 17.1. The van der Waals surface area contributed by atoms with Crippen LogP contribution >= 0.6 is 0 Å². The quantitative estimate of drug-likeness (QED) is 0.724. The standard InChI is InChI=1S/C20H29N7O2/c1-25(2)18-9-19(23-13-22-18)27-12-16(28)8-15(27)10-21-20(29)7-14-11-26-6-4-3-5-17(26)24-14/h9,11,13,15-16,28H,3-8,10,12H2,1-2H3,(H,21,29)/t15-,16-/m1/s1. The average Bonchev–Trinajstić information content (AvgIpc) is 3.28. The fraction of sp³-hybridized carbons (Fsp3) is 0.600. The highest BCUT2D eigenvalue weighted by atomic mass is 16.3. The van der Waals surface area contributed by atoms with Crippen LogP contribution in [0.1, 0.15) is 30.8 Å². The molecule has 2 aliphatic rings. The van der Waals surface area contributed by atoms with E-state index in [2.05, 4.69) is 29.7 Å². The Morgan fingerprint density at radius 1 is 1.34 bits per heavy atom. The van der Waals surface area contributed by atoms with Crippen molar-refractivity contribution in [3.05, 3.63) is 30.1 Å². The molecular formula is C20H29N7O2. The van der Waals surface area contributed by atoms with Crippen LogP contribution in [0.15, 0.2) is 18.6 Å². The SMILES string of the molecule is CN(C)c1cc(N2C[C@H](O)C[C@@H]2CNC(=O)Cc2cn3c(n2)CCCC3)ncn1. The molecule has 0 spiro atoms. The molecule has 9 nitrogen and oxygen atoms in total. The number of carbonyl (C=O) groups excluding carboxylic acids is 1. The third-order valence-electron chi connectivity index (χ3n) is 5.62. The molecule has 0 radical (unpaired) electrons. The first kappa shape index (κ1) is 19.6. The van der Waals surface area contributed by atoms with Crippen molar-refractivity contribution in [1.29, 1.82) is 0 Å². The highest BCUT2D eigenvalue weighted by Gasteiger charge is 2.32. The van der Waals surface area contributed by atoms with Crippen molar-refractivity contribution in [1.82, 2.24) is 24.8 Å². The third-order valence-corrected chi connectivity index (χ3v) is 5.62. The fourth-order valence-corrected chi connectivity index (χ4v) is 4.12. The van der Waals surface area contributed by atoms with Crippen molar-refractivity contribution in [2.75, 3.05) is 37.0 Å². The van der Waals surface area contributed by atoms with Crippen LogP contribution in [-0.2, 0) is 24.2 Å². The second kappa shape index (κ2) is 8.36. The topological polar surface area (TPSA) is 99.4 Å². The van der Waals surface area contributed by atoms with Gasteiger partial charge in [-0.25, -0.2) is 15.0 Å². The number of nitrogens with zero attached hydrogens (tertiary/aromatic N) is 6. The van der Waals surface area contributed by atoms with Gasteiger partial charge in [0.1, 0.15) is 23.8 Å². The van der Waals surface area contributed by atoms with Gasteiger partial charge in [-0.1, -0.05) is 0 Å². The van der Waals surface area contributed by atoms with E-state index in [0.717, 1.165) is 36.1 Å². The van der Waals surface area contributed by atoms with Crippen LogP contribution in [0.25, 0.3) is 0 Å². The van der Waals surface area contributed by atoms with E-state index in [1.165, 1.54) is 19.2 Å². The molecule has 1 saturated heterocycles. The Balaban J connectivity index is 1.37. The van der Waals surface area contributed by atoms with Gasteiger partial charge in [-0.05, 0) is 19.3 Å². The van der Waals surface area contributed by atoms with E-state index in [9.17, 15) is 9.90 Å². The molecular weight excluding hydrogens is 370 g/mol. The van der Waals surface area contributed by atoms with Gasteiger partial charge in [-0.3, -0.25) is 4.79 Å². The number of nitrogens with one attached hydrogen (secondary N) is 1. The first-order valence-electron chi connectivity index (χ1n) is 10.3. The van der Waals surface area contributed by atoms with Crippen molar-refractivity contribution >= 4 is 17.5 Å². The monoisotopic (exact) mass is 399 g/mol. The van der Waals surface area contributed by atoms with Gasteiger partial charge in [0, 0.05) is 52.4 Å². The maximum absolute atomic E-state index is 12.5. The molecule has 4 heterocycles. The minimum absolute atomic E-state index is 0.00550. The molecule has 0 aliphatic carbocycles. The Labute approximate surface area is 170 Å². The summed E-state index contributed by atoms with van der Waals surface area (Å²) in [6.45, 7) is 1.95. The van der Waals surface area contributed by atoms with Crippen molar-refractivity contribution < 1.29 is 9.90 Å². The second-order valence-corrected chi connectivity index (χ2v) is 8.10. The van der Waals surface area contributed by atoms with E-state index in [1.807, 2.05) is 31.3 Å². The molecule has 0 saturated carbocycles. The molecule has 0 aromatic carbocycles. The second-order valence-electron chi connectivity index (χ2n) is 8.10. The molecule has 1 amide bonds. The van der Waals surface area contributed by atoms with Gasteiger partial charge in [-0.15, -0.1) is 0 Å². The smallest absolute Gasteiger partial charge is 0.226 e. The summed E-state index contributed by atoms with van der Waals surface area (Å²) in [6.07, 6.45) is 7.32. The molecule has 2 aromatic rings. The Hall–Kier alpha value is -2.68. The third kappa shape index (κ3) is 4.50. The van der Waals surface area contributed by atoms with Gasteiger partial charge in [0.25, 0.3) is 0 Å². The van der Waals surface area contributed by atoms with E-state index >= 15 is 0 Å². The Morgan fingerprint density at radius 2 is 2.21 bits per heavy atom. The zero-order chi connectivity index (χ0) is 20.4. The molecule has 9 heteroatoms. The van der Waals surface area contributed by atoms with Gasteiger partial charge in [0.15, 0.2) is 0 Å². The average molecular weight is 399 g/mol. The van der Waals surface area contributed by atoms with E-state index in [4.69, 9.17) is 0 Å². The summed E-state index contributed by atoms with van der Waals surface area (Å²) in [5, 5.41) is 13.2. The van der Waals surface area contributed by atoms with Gasteiger partial charge in [-0.2, -0.15) is 0 Å². The fourth-order valence-electron chi connectivity index (χ4n) is 4.12. The largest absolute Gasteiger partial charge is 0.391 e. The zero-order valence-corrected chi connectivity index (χ0v) is 17.1. The number of aryl methyl sites for hydroxylation is 2. The lowest BCUT2D eigenvalue weighted by Gasteiger charge is -2.26. The molecule has 0 bridgehead atoms. The normalized spacial score (nSPS) is 21.1. The number of aliphatic hydroxyl groups excluding tert-OH is 1. The van der Waals surface area contributed by atoms with Crippen LogP contribution in [0.4, 0.5) is 11.6 Å². The van der Waals surface area contributed by atoms with Gasteiger partial charge < -0.3 is 24.8 Å². The molecule has 29 heavy (non-hydrogen) atoms. The highest BCUT2D eigenvalue weighted by Crippen LogP contribution is 2.25. The number of aliphatic hydroxyl groups is 1. The molecule has 2 atom stereocenters. The van der Waals surface area contributed by atoms with Crippen molar-refractivity contribution in [2.24, 2.45) is 0 Å². The summed E-state index contributed by atoms with van der Waals surface area (Å²) in [6, 6.07) is 1.90. The molecule has 4 rings (SSSR count). The minimum Gasteiger partial charge on any atom is -0.391 e. The first-order valence-corrected chi connectivity index (χ1v) is 10.3. The number of aromatic nitrogens is 4. The van der Waals surface area contributed by atoms with E-state index < -0.39 is 6.10 Å². The summed E-state index contributed by atoms with van der Waals surface area (Å²) in [5.41, 5.74) is 0.828. The molecule has 2 aromatic heterocycles. The number of imidazole rings is 1. The number of β-amino-alcohol motifs (C(OH)–C–C–N with tert-alkyl or cyclic N) is 1. The number of hydrogen-bond acceptors (Lipinski definition) is 7. The van der Waals surface area contributed by atoms with Crippen LogP contribution in [-0.4, -0.2) is 69.9 Å². The van der Waals surface area contributed by atoms with Crippen LogP contribution in [0.5, 0.6) is 0 Å². The lowest BCUT2D eigenvalue weighted by molar-refractivity contribution is -0.120. The van der Waals surface area contributed by atoms with Crippen LogP contribution in [0.2, 0.25) is 0 Å². The van der Waals surface area contributed by atoms with Crippen molar-refractivity contribution in [2.45, 2.75) is 50.8 Å². The number of anilines is 2. The number of fused-ring (bicyclic) bond motifs is 1. The Kier molecular flexibility index (Phi) is 5.66. The minimum atomic E-state index is -0.436. The summed E-state index contributed by atoms with van der Waals surface area (Å²) >= 11 is 0. The van der Waals surface area contributed by atoms with Crippen LogP contribution in [0.3, 0.4) is 0 Å². The predicted octanol–water partition coefficient (Wildman–Crippen LogP) is 0.374. The molecule has 1 fully saturated rings. The molecule has 2 N–H and O–H groups in total. The van der Waals surface area contributed by atoms with Crippen LogP contribution in [0, 0.1) is 0 Å². The van der Waals surface area contributed by atoms with E-state index in [-0.39, 0.29) is 18.4 Å². The molecule has 156 valence electrons. The van der Waals surface area contributed by atoms with E-state index in [1.54, 1.807) is 0 Å². The number of carbonyl (C=O) groups is 1. The summed E-state index contributed by atoms with van der Waals surface area (Å²) < 4.78 is 2.17. The molecule has 2 aliphatic heterocycles. The maximum Gasteiger partial charge on any atom is 0.226 e. The summed E-state index contributed by atoms with van der Waals surface area (Å²) in [5.74, 6) is 2.62. The highest BCUT2D eigenvalue weighted by molar-refractivity contribution is 5.78. The lowest BCUT2D eigenvalue weighted by Crippen LogP contribution is -2.41. The van der Waals surface area contributed by atoms with Gasteiger partial charge in [0.2, 0.25) is 5.91 Å². The number of hydrogen-bond donors (Lipinski definition) is 2.